The number of hydrogen-bond acceptors (Lipinski definition) is 3. The van der Waals surface area contributed by atoms with Crippen molar-refractivity contribution in [3.05, 3.63) is 0 Å². The van der Waals surface area contributed by atoms with Crippen molar-refractivity contribution in [3.63, 3.8) is 0 Å². The SMILES string of the molecule is CCN(CC)S(=O)(=O)N1CC(C)NCC1C.Cl. The Hall–Kier alpha value is 0.120. The molecule has 1 N–H and O–H groups in total. The summed E-state index contributed by atoms with van der Waals surface area (Å²) in [6.07, 6.45) is 0. The lowest BCUT2D eigenvalue weighted by molar-refractivity contribution is 0.227. The quantitative estimate of drug-likeness (QED) is 0.826. The van der Waals surface area contributed by atoms with Gasteiger partial charge in [0, 0.05) is 38.3 Å². The van der Waals surface area contributed by atoms with Gasteiger partial charge >= 0.3 is 0 Å². The van der Waals surface area contributed by atoms with E-state index in [1.165, 1.54) is 4.31 Å². The summed E-state index contributed by atoms with van der Waals surface area (Å²) >= 11 is 0. The first-order valence-electron chi connectivity index (χ1n) is 5.93. The van der Waals surface area contributed by atoms with Crippen LogP contribution in [0.15, 0.2) is 0 Å². The Morgan fingerprint density at radius 1 is 1.29 bits per heavy atom. The summed E-state index contributed by atoms with van der Waals surface area (Å²) < 4.78 is 27.8. The first-order chi connectivity index (χ1) is 7.43. The largest absolute Gasteiger partial charge is 0.311 e. The summed E-state index contributed by atoms with van der Waals surface area (Å²) in [7, 11) is -3.28. The minimum Gasteiger partial charge on any atom is -0.311 e. The summed E-state index contributed by atoms with van der Waals surface area (Å²) in [6, 6.07) is 0.253. The molecule has 2 atom stereocenters. The Morgan fingerprint density at radius 2 is 1.82 bits per heavy atom. The molecule has 0 aromatic rings. The van der Waals surface area contributed by atoms with Gasteiger partial charge in [0.05, 0.1) is 0 Å². The van der Waals surface area contributed by atoms with Crippen LogP contribution in [0, 0.1) is 0 Å². The average molecular weight is 286 g/mol. The molecule has 104 valence electrons. The summed E-state index contributed by atoms with van der Waals surface area (Å²) in [4.78, 5) is 0. The second-order valence-electron chi connectivity index (χ2n) is 4.32. The molecule has 1 aliphatic heterocycles. The molecular formula is C10H24ClN3O2S. The van der Waals surface area contributed by atoms with E-state index >= 15 is 0 Å². The highest BCUT2D eigenvalue weighted by atomic mass is 35.5. The molecule has 1 saturated heterocycles. The molecule has 1 fully saturated rings. The van der Waals surface area contributed by atoms with Gasteiger partial charge in [-0.3, -0.25) is 0 Å². The molecule has 0 amide bonds. The van der Waals surface area contributed by atoms with Crippen LogP contribution in [0.4, 0.5) is 0 Å². The molecule has 7 heteroatoms. The Morgan fingerprint density at radius 3 is 2.29 bits per heavy atom. The van der Waals surface area contributed by atoms with Crippen LogP contribution in [0.25, 0.3) is 0 Å². The van der Waals surface area contributed by atoms with E-state index in [4.69, 9.17) is 0 Å². The number of nitrogens with zero attached hydrogens (tertiary/aromatic N) is 2. The summed E-state index contributed by atoms with van der Waals surface area (Å²) in [5, 5.41) is 3.28. The van der Waals surface area contributed by atoms with Gasteiger partial charge < -0.3 is 5.32 Å². The van der Waals surface area contributed by atoms with E-state index in [1.807, 2.05) is 27.7 Å². The first kappa shape index (κ1) is 17.1. The Bertz CT molecular complexity index is 320. The summed E-state index contributed by atoms with van der Waals surface area (Å²) in [5.41, 5.74) is 0. The molecule has 1 rings (SSSR count). The second kappa shape index (κ2) is 6.89. The lowest BCUT2D eigenvalue weighted by Gasteiger charge is -2.38. The van der Waals surface area contributed by atoms with Crippen LogP contribution in [0.2, 0.25) is 0 Å². The number of nitrogens with one attached hydrogen (secondary N) is 1. The van der Waals surface area contributed by atoms with Gasteiger partial charge in [0.15, 0.2) is 0 Å². The fraction of sp³-hybridized carbons (Fsp3) is 1.00. The highest BCUT2D eigenvalue weighted by Gasteiger charge is 2.35. The van der Waals surface area contributed by atoms with Crippen molar-refractivity contribution in [1.29, 1.82) is 0 Å². The van der Waals surface area contributed by atoms with Gasteiger partial charge in [-0.15, -0.1) is 12.4 Å². The van der Waals surface area contributed by atoms with Crippen LogP contribution in [0.3, 0.4) is 0 Å². The van der Waals surface area contributed by atoms with Gasteiger partial charge in [-0.2, -0.15) is 17.0 Å². The molecule has 1 aliphatic rings. The molecule has 0 aromatic carbocycles. The van der Waals surface area contributed by atoms with E-state index in [0.717, 1.165) is 6.54 Å². The fourth-order valence-corrected chi connectivity index (χ4v) is 3.90. The third kappa shape index (κ3) is 3.79. The van der Waals surface area contributed by atoms with Gasteiger partial charge in [-0.1, -0.05) is 13.8 Å². The van der Waals surface area contributed by atoms with E-state index in [9.17, 15) is 8.42 Å². The third-order valence-electron chi connectivity index (χ3n) is 3.04. The van der Waals surface area contributed by atoms with Crippen molar-refractivity contribution in [2.24, 2.45) is 0 Å². The van der Waals surface area contributed by atoms with Crippen LogP contribution in [-0.2, 0) is 10.2 Å². The Kier molecular flexibility index (Phi) is 6.94. The lowest BCUT2D eigenvalue weighted by atomic mass is 10.2. The van der Waals surface area contributed by atoms with Crippen molar-refractivity contribution >= 4 is 22.6 Å². The average Bonchev–Trinajstić information content (AvgIpc) is 2.23. The lowest BCUT2D eigenvalue weighted by Crippen LogP contribution is -2.59. The zero-order valence-electron chi connectivity index (χ0n) is 11.0. The highest BCUT2D eigenvalue weighted by molar-refractivity contribution is 7.86. The van der Waals surface area contributed by atoms with E-state index in [2.05, 4.69) is 5.32 Å². The van der Waals surface area contributed by atoms with Crippen LogP contribution in [-0.4, -0.2) is 55.3 Å². The normalized spacial score (nSPS) is 26.9. The number of halogens is 1. The molecule has 0 radical (unpaired) electrons. The van der Waals surface area contributed by atoms with Crippen molar-refractivity contribution in [2.75, 3.05) is 26.2 Å². The predicted octanol–water partition coefficient (Wildman–Crippen LogP) is 0.677. The van der Waals surface area contributed by atoms with E-state index < -0.39 is 10.2 Å². The second-order valence-corrected chi connectivity index (χ2v) is 6.20. The summed E-state index contributed by atoms with van der Waals surface area (Å²) in [6.45, 7) is 10.0. The fourth-order valence-electron chi connectivity index (χ4n) is 2.01. The van der Waals surface area contributed by atoms with Crippen LogP contribution >= 0.6 is 12.4 Å². The maximum Gasteiger partial charge on any atom is 0.282 e. The highest BCUT2D eigenvalue weighted by Crippen LogP contribution is 2.15. The molecule has 1 heterocycles. The molecule has 0 aliphatic carbocycles. The zero-order valence-corrected chi connectivity index (χ0v) is 12.6. The van der Waals surface area contributed by atoms with Crippen molar-refractivity contribution in [2.45, 2.75) is 39.8 Å². The van der Waals surface area contributed by atoms with Crippen LogP contribution in [0.1, 0.15) is 27.7 Å². The standard InChI is InChI=1S/C10H23N3O2S.ClH/c1-5-12(6-2)16(14,15)13-8-9(3)11-7-10(13)4;/h9-11H,5-8H2,1-4H3;1H. The van der Waals surface area contributed by atoms with E-state index in [1.54, 1.807) is 4.31 Å². The van der Waals surface area contributed by atoms with Gasteiger partial charge in [-0.05, 0) is 13.8 Å². The molecule has 0 aromatic heterocycles. The van der Waals surface area contributed by atoms with Crippen molar-refractivity contribution in [1.82, 2.24) is 13.9 Å². The molecule has 5 nitrogen and oxygen atoms in total. The minimum atomic E-state index is -3.28. The third-order valence-corrected chi connectivity index (χ3v) is 5.31. The van der Waals surface area contributed by atoms with E-state index in [0.29, 0.717) is 19.6 Å². The van der Waals surface area contributed by atoms with Crippen LogP contribution in [0.5, 0.6) is 0 Å². The summed E-state index contributed by atoms with van der Waals surface area (Å²) in [5.74, 6) is 0. The molecule has 2 unspecified atom stereocenters. The van der Waals surface area contributed by atoms with Crippen molar-refractivity contribution in [3.8, 4) is 0 Å². The van der Waals surface area contributed by atoms with Gasteiger partial charge in [-0.25, -0.2) is 0 Å². The van der Waals surface area contributed by atoms with E-state index in [-0.39, 0.29) is 24.5 Å². The van der Waals surface area contributed by atoms with Crippen molar-refractivity contribution < 1.29 is 8.42 Å². The van der Waals surface area contributed by atoms with Crippen LogP contribution < -0.4 is 5.32 Å². The Balaban J connectivity index is 0.00000256. The maximum absolute atomic E-state index is 12.3. The van der Waals surface area contributed by atoms with Gasteiger partial charge in [0.25, 0.3) is 10.2 Å². The Labute approximate surface area is 111 Å². The minimum absolute atomic E-state index is 0. The number of rotatable bonds is 4. The maximum atomic E-state index is 12.3. The van der Waals surface area contributed by atoms with Gasteiger partial charge in [0.2, 0.25) is 0 Å². The monoisotopic (exact) mass is 285 g/mol. The predicted molar refractivity (Wildman–Crippen MR) is 72.7 cm³/mol. The molecule has 0 bridgehead atoms. The smallest absolute Gasteiger partial charge is 0.282 e. The van der Waals surface area contributed by atoms with Gasteiger partial charge in [0.1, 0.15) is 0 Å². The molecular weight excluding hydrogens is 262 g/mol. The zero-order chi connectivity index (χ0) is 12.3. The topological polar surface area (TPSA) is 52.7 Å². The molecule has 0 spiro atoms. The number of piperazine rings is 1. The first-order valence-corrected chi connectivity index (χ1v) is 7.33. The number of hydrogen-bond donors (Lipinski definition) is 1. The molecule has 17 heavy (non-hydrogen) atoms. The molecule has 0 saturated carbocycles.